The molecule has 0 atom stereocenters. The first kappa shape index (κ1) is 13.9. The first-order chi connectivity index (χ1) is 7.97. The van der Waals surface area contributed by atoms with E-state index in [1.54, 1.807) is 0 Å². The first-order valence-electron chi connectivity index (χ1n) is 5.25. The summed E-state index contributed by atoms with van der Waals surface area (Å²) in [6, 6.07) is 0.0603. The van der Waals surface area contributed by atoms with E-state index >= 15 is 0 Å². The molecule has 0 saturated heterocycles. The van der Waals surface area contributed by atoms with Crippen LogP contribution in [-0.4, -0.2) is 32.5 Å². The van der Waals surface area contributed by atoms with E-state index in [1.165, 1.54) is 4.68 Å². The van der Waals surface area contributed by atoms with Crippen molar-refractivity contribution < 1.29 is 10.0 Å². The van der Waals surface area contributed by atoms with E-state index in [1.807, 2.05) is 13.8 Å². The number of nitrogens with one attached hydrogen (secondary N) is 1. The zero-order chi connectivity index (χ0) is 13.0. The van der Waals surface area contributed by atoms with Crippen molar-refractivity contribution in [2.24, 2.45) is 0 Å². The summed E-state index contributed by atoms with van der Waals surface area (Å²) in [5, 5.41) is 26.8. The molecule has 0 aromatic carbocycles. The Labute approximate surface area is 107 Å². The number of anilines is 1. The van der Waals surface area contributed by atoms with E-state index in [2.05, 4.69) is 26.3 Å². The lowest BCUT2D eigenvalue weighted by atomic mass is 10.3. The van der Waals surface area contributed by atoms with Gasteiger partial charge in [0.2, 0.25) is 10.4 Å². The van der Waals surface area contributed by atoms with Crippen LogP contribution in [-0.2, 0) is 6.54 Å². The average Bonchev–Trinajstić information content (AvgIpc) is 2.51. The maximum atomic E-state index is 10.9. The fourth-order valence-corrected chi connectivity index (χ4v) is 1.91. The Morgan fingerprint density at radius 2 is 2.29 bits per heavy atom. The Balaban J connectivity index is 3.11. The number of aromatic nitrogens is 2. The average molecular weight is 307 g/mol. The van der Waals surface area contributed by atoms with E-state index in [0.717, 1.165) is 0 Å². The lowest BCUT2D eigenvalue weighted by molar-refractivity contribution is -0.384. The van der Waals surface area contributed by atoms with E-state index in [9.17, 15) is 10.1 Å². The van der Waals surface area contributed by atoms with Crippen LogP contribution < -0.4 is 5.32 Å². The summed E-state index contributed by atoms with van der Waals surface area (Å²) < 4.78 is 1.70. The molecule has 1 rings (SSSR count). The second kappa shape index (κ2) is 5.97. The van der Waals surface area contributed by atoms with Crippen LogP contribution in [0.5, 0.6) is 0 Å². The highest BCUT2D eigenvalue weighted by Gasteiger charge is 2.26. The molecule has 0 radical (unpaired) electrons. The lowest BCUT2D eigenvalue weighted by Crippen LogP contribution is -2.16. The van der Waals surface area contributed by atoms with Crippen LogP contribution in [0.3, 0.4) is 0 Å². The molecule has 96 valence electrons. The number of aliphatic hydroxyl groups is 1. The number of nitro groups is 1. The summed E-state index contributed by atoms with van der Waals surface area (Å²) in [5.41, 5.74) is -0.0726. The minimum absolute atomic E-state index is 0.0202. The quantitative estimate of drug-likeness (QED) is 0.617. The van der Waals surface area contributed by atoms with E-state index < -0.39 is 4.92 Å². The van der Waals surface area contributed by atoms with Gasteiger partial charge in [0.05, 0.1) is 4.92 Å². The van der Waals surface area contributed by atoms with Crippen molar-refractivity contribution in [3.63, 3.8) is 0 Å². The van der Waals surface area contributed by atoms with Gasteiger partial charge in [-0.2, -0.15) is 5.10 Å². The van der Waals surface area contributed by atoms with Crippen molar-refractivity contribution in [3.05, 3.63) is 14.7 Å². The molecule has 0 aliphatic heterocycles. The van der Waals surface area contributed by atoms with Gasteiger partial charge in [0.15, 0.2) is 0 Å². The molecule has 1 aromatic rings. The molecule has 0 unspecified atom stereocenters. The molecule has 1 heterocycles. The van der Waals surface area contributed by atoms with Gasteiger partial charge in [-0.1, -0.05) is 0 Å². The van der Waals surface area contributed by atoms with Crippen molar-refractivity contribution in [3.8, 4) is 0 Å². The third kappa shape index (κ3) is 3.40. The minimum atomic E-state index is -0.475. The van der Waals surface area contributed by atoms with Gasteiger partial charge in [-0.3, -0.25) is 10.1 Å². The third-order valence-electron chi connectivity index (χ3n) is 2.02. The second-order valence-electron chi connectivity index (χ2n) is 3.84. The number of hydrogen-bond acceptors (Lipinski definition) is 5. The fourth-order valence-electron chi connectivity index (χ4n) is 1.38. The Bertz CT molecular complexity index is 405. The van der Waals surface area contributed by atoms with Crippen molar-refractivity contribution >= 4 is 27.4 Å². The lowest BCUT2D eigenvalue weighted by Gasteiger charge is -2.11. The Hall–Kier alpha value is -1.15. The maximum Gasteiger partial charge on any atom is 0.345 e. The Kier molecular flexibility index (Phi) is 4.88. The first-order valence-corrected chi connectivity index (χ1v) is 6.04. The molecule has 8 heteroatoms. The van der Waals surface area contributed by atoms with Crippen LogP contribution in [0.15, 0.2) is 4.60 Å². The molecule has 0 fully saturated rings. The highest BCUT2D eigenvalue weighted by atomic mass is 79.9. The predicted molar refractivity (Wildman–Crippen MR) is 67.0 cm³/mol. The molecule has 0 aliphatic carbocycles. The molecule has 0 aliphatic rings. The maximum absolute atomic E-state index is 10.9. The van der Waals surface area contributed by atoms with Crippen molar-refractivity contribution in [1.82, 2.24) is 9.78 Å². The van der Waals surface area contributed by atoms with E-state index in [0.29, 0.717) is 18.8 Å². The van der Waals surface area contributed by atoms with Crippen molar-refractivity contribution in [2.45, 2.75) is 32.9 Å². The van der Waals surface area contributed by atoms with Crippen LogP contribution in [0.1, 0.15) is 20.3 Å². The molecule has 7 nitrogen and oxygen atoms in total. The Morgan fingerprint density at radius 3 is 2.76 bits per heavy atom. The molecular formula is C9H15BrN4O3. The van der Waals surface area contributed by atoms with Gasteiger partial charge in [-0.25, -0.2) is 4.68 Å². The van der Waals surface area contributed by atoms with Gasteiger partial charge < -0.3 is 10.4 Å². The SMILES string of the molecule is CC(C)Nc1c([N+](=O)[O-])c(Br)nn1CCCO. The summed E-state index contributed by atoms with van der Waals surface area (Å²) >= 11 is 3.07. The van der Waals surface area contributed by atoms with E-state index in [4.69, 9.17) is 5.11 Å². The zero-order valence-corrected chi connectivity index (χ0v) is 11.3. The number of aryl methyl sites for hydroxylation is 1. The molecular weight excluding hydrogens is 292 g/mol. The van der Waals surface area contributed by atoms with Gasteiger partial charge in [-0.15, -0.1) is 0 Å². The largest absolute Gasteiger partial charge is 0.396 e. The van der Waals surface area contributed by atoms with Crippen LogP contribution in [0.2, 0.25) is 0 Å². The predicted octanol–water partition coefficient (Wildman–Crippen LogP) is 1.76. The number of rotatable bonds is 6. The molecule has 0 spiro atoms. The van der Waals surface area contributed by atoms with Gasteiger partial charge in [0.1, 0.15) is 0 Å². The number of aliphatic hydroxyl groups excluding tert-OH is 1. The number of halogens is 1. The highest BCUT2D eigenvalue weighted by Crippen LogP contribution is 2.33. The monoisotopic (exact) mass is 306 g/mol. The van der Waals surface area contributed by atoms with Gasteiger partial charge >= 0.3 is 5.69 Å². The molecule has 1 aromatic heterocycles. The van der Waals surface area contributed by atoms with Gasteiger partial charge in [0.25, 0.3) is 0 Å². The van der Waals surface area contributed by atoms with Gasteiger partial charge in [0, 0.05) is 19.2 Å². The summed E-state index contributed by atoms with van der Waals surface area (Å²) in [7, 11) is 0. The molecule has 0 amide bonds. The number of nitrogens with zero attached hydrogens (tertiary/aromatic N) is 3. The number of hydrogen-bond donors (Lipinski definition) is 2. The van der Waals surface area contributed by atoms with Crippen molar-refractivity contribution in [2.75, 3.05) is 11.9 Å². The summed E-state index contributed by atoms with van der Waals surface area (Å²) in [4.78, 5) is 10.5. The standard InChI is InChI=1S/C9H15BrN4O3/c1-6(2)11-9-7(14(16)17)8(10)12-13(9)4-3-5-15/h6,11,15H,3-5H2,1-2H3. The zero-order valence-electron chi connectivity index (χ0n) is 9.68. The highest BCUT2D eigenvalue weighted by molar-refractivity contribution is 9.10. The fraction of sp³-hybridized carbons (Fsp3) is 0.667. The summed E-state index contributed by atoms with van der Waals surface area (Å²) in [6.07, 6.45) is 0.498. The van der Waals surface area contributed by atoms with Gasteiger partial charge in [-0.05, 0) is 36.2 Å². The smallest absolute Gasteiger partial charge is 0.345 e. The van der Waals surface area contributed by atoms with Crippen LogP contribution in [0.4, 0.5) is 11.5 Å². The molecule has 0 bridgehead atoms. The van der Waals surface area contributed by atoms with Crippen LogP contribution >= 0.6 is 15.9 Å². The minimum Gasteiger partial charge on any atom is -0.396 e. The molecule has 0 saturated carbocycles. The van der Waals surface area contributed by atoms with Crippen molar-refractivity contribution in [1.29, 1.82) is 0 Å². The normalized spacial score (nSPS) is 10.9. The summed E-state index contributed by atoms with van der Waals surface area (Å²) in [6.45, 7) is 4.23. The third-order valence-corrected chi connectivity index (χ3v) is 2.56. The topological polar surface area (TPSA) is 93.2 Å². The molecule has 2 N–H and O–H groups in total. The molecule has 17 heavy (non-hydrogen) atoms. The van der Waals surface area contributed by atoms with Crippen LogP contribution in [0.25, 0.3) is 0 Å². The van der Waals surface area contributed by atoms with Crippen LogP contribution in [0, 0.1) is 10.1 Å². The summed E-state index contributed by atoms with van der Waals surface area (Å²) in [5.74, 6) is 0.366. The second-order valence-corrected chi connectivity index (χ2v) is 4.60. The Morgan fingerprint density at radius 1 is 1.65 bits per heavy atom. The van der Waals surface area contributed by atoms with E-state index in [-0.39, 0.29) is 22.9 Å².